The number of aryl methyl sites for hydroxylation is 2. The van der Waals surface area contributed by atoms with Crippen LogP contribution in [0.25, 0.3) is 10.2 Å². The summed E-state index contributed by atoms with van der Waals surface area (Å²) in [5.74, 6) is 5.87. The van der Waals surface area contributed by atoms with Crippen LogP contribution in [0.15, 0.2) is 34.2 Å². The predicted molar refractivity (Wildman–Crippen MR) is 113 cm³/mol. The van der Waals surface area contributed by atoms with Crippen LogP contribution in [-0.2, 0) is 12.8 Å². The molecule has 7 nitrogen and oxygen atoms in total. The molecule has 5 rings (SSSR count). The van der Waals surface area contributed by atoms with Crippen LogP contribution in [0, 0.1) is 0 Å². The second-order valence-electron chi connectivity index (χ2n) is 7.12. The highest BCUT2D eigenvalue weighted by molar-refractivity contribution is 7.99. The molecule has 0 spiro atoms. The zero-order chi connectivity index (χ0) is 20.1. The first-order valence-electron chi connectivity index (χ1n) is 9.46. The number of hydrogen-bond acceptors (Lipinski definition) is 7. The average molecular weight is 427 g/mol. The van der Waals surface area contributed by atoms with E-state index in [-0.39, 0.29) is 23.9 Å². The van der Waals surface area contributed by atoms with Crippen LogP contribution in [0.3, 0.4) is 0 Å². The van der Waals surface area contributed by atoms with Crippen molar-refractivity contribution in [2.75, 3.05) is 18.1 Å². The van der Waals surface area contributed by atoms with Crippen LogP contribution in [0.5, 0.6) is 0 Å². The standard InChI is InChI=1S/C20H18N4O3S2/c21-24-19(27)15-13-7-3-4-8-14(13)29-16(15)22-20(24)28-10-9-23-17(25)11-5-1-2-6-12(11)18(23)26/h1-2,5-6H,3-4,7-10,21H2. The number of amides is 2. The quantitative estimate of drug-likeness (QED) is 0.298. The van der Waals surface area contributed by atoms with Crippen LogP contribution < -0.4 is 11.4 Å². The van der Waals surface area contributed by atoms with E-state index in [1.54, 1.807) is 35.6 Å². The van der Waals surface area contributed by atoms with E-state index in [0.717, 1.165) is 40.8 Å². The molecular weight excluding hydrogens is 408 g/mol. The maximum atomic E-state index is 12.8. The largest absolute Gasteiger partial charge is 0.334 e. The van der Waals surface area contributed by atoms with E-state index >= 15 is 0 Å². The molecule has 0 unspecified atom stereocenters. The van der Waals surface area contributed by atoms with Crippen molar-refractivity contribution >= 4 is 45.1 Å². The number of thiophene rings is 1. The molecule has 0 saturated heterocycles. The summed E-state index contributed by atoms with van der Waals surface area (Å²) < 4.78 is 1.09. The minimum absolute atomic E-state index is 0.224. The van der Waals surface area contributed by atoms with E-state index in [2.05, 4.69) is 4.98 Å². The van der Waals surface area contributed by atoms with Crippen molar-refractivity contribution in [3.05, 3.63) is 56.2 Å². The predicted octanol–water partition coefficient (Wildman–Crippen LogP) is 2.44. The normalized spacial score (nSPS) is 15.8. The zero-order valence-electron chi connectivity index (χ0n) is 15.5. The van der Waals surface area contributed by atoms with E-state index in [1.165, 1.54) is 21.5 Å². The summed E-state index contributed by atoms with van der Waals surface area (Å²) >= 11 is 2.85. The highest BCUT2D eigenvalue weighted by atomic mass is 32.2. The van der Waals surface area contributed by atoms with E-state index in [4.69, 9.17) is 5.84 Å². The van der Waals surface area contributed by atoms with Crippen molar-refractivity contribution in [3.63, 3.8) is 0 Å². The lowest BCUT2D eigenvalue weighted by Gasteiger charge is -2.14. The number of nitrogen functional groups attached to an aromatic ring is 1. The summed E-state index contributed by atoms with van der Waals surface area (Å²) in [6.07, 6.45) is 4.11. The molecule has 0 saturated carbocycles. The topological polar surface area (TPSA) is 98.3 Å². The number of fused-ring (bicyclic) bond motifs is 4. The molecule has 2 N–H and O–H groups in total. The van der Waals surface area contributed by atoms with Gasteiger partial charge >= 0.3 is 0 Å². The number of aromatic nitrogens is 2. The van der Waals surface area contributed by atoms with Gasteiger partial charge in [0, 0.05) is 17.2 Å². The number of rotatable bonds is 4. The zero-order valence-corrected chi connectivity index (χ0v) is 17.1. The lowest BCUT2D eigenvalue weighted by Crippen LogP contribution is -2.33. The molecular formula is C20H18N4O3S2. The number of hydrogen-bond donors (Lipinski definition) is 1. The number of carbonyl (C=O) groups is 2. The van der Waals surface area contributed by atoms with E-state index in [0.29, 0.717) is 27.4 Å². The molecule has 1 aromatic carbocycles. The third kappa shape index (κ3) is 2.87. The Balaban J connectivity index is 1.37. The number of imide groups is 1. The third-order valence-corrected chi connectivity index (χ3v) is 7.53. The summed E-state index contributed by atoms with van der Waals surface area (Å²) in [5, 5.41) is 1.05. The van der Waals surface area contributed by atoms with Gasteiger partial charge in [0.15, 0.2) is 5.16 Å². The molecule has 9 heteroatoms. The number of carbonyl (C=O) groups excluding carboxylic acids is 2. The highest BCUT2D eigenvalue weighted by Gasteiger charge is 2.34. The van der Waals surface area contributed by atoms with Gasteiger partial charge in [-0.1, -0.05) is 23.9 Å². The monoisotopic (exact) mass is 426 g/mol. The molecule has 0 atom stereocenters. The lowest BCUT2D eigenvalue weighted by atomic mass is 9.97. The Morgan fingerprint density at radius 3 is 2.48 bits per heavy atom. The van der Waals surface area contributed by atoms with E-state index < -0.39 is 0 Å². The van der Waals surface area contributed by atoms with Gasteiger partial charge in [-0.2, -0.15) is 0 Å². The Morgan fingerprint density at radius 1 is 1.07 bits per heavy atom. The summed E-state index contributed by atoms with van der Waals surface area (Å²) in [4.78, 5) is 45.6. The van der Waals surface area contributed by atoms with Crippen LogP contribution in [0.2, 0.25) is 0 Å². The number of nitrogens with two attached hydrogens (primary N) is 1. The summed E-state index contributed by atoms with van der Waals surface area (Å²) in [7, 11) is 0. The van der Waals surface area contributed by atoms with Gasteiger partial charge in [-0.15, -0.1) is 11.3 Å². The minimum Gasteiger partial charge on any atom is -0.334 e. The van der Waals surface area contributed by atoms with Gasteiger partial charge in [0.05, 0.1) is 16.5 Å². The second kappa shape index (κ2) is 7.00. The van der Waals surface area contributed by atoms with Gasteiger partial charge in [0.25, 0.3) is 17.4 Å². The number of nitrogens with zero attached hydrogens (tertiary/aromatic N) is 3. The molecule has 1 aliphatic carbocycles. The van der Waals surface area contributed by atoms with Crippen molar-refractivity contribution in [1.29, 1.82) is 0 Å². The van der Waals surface area contributed by atoms with Gasteiger partial charge in [-0.3, -0.25) is 19.3 Å². The Kier molecular flexibility index (Phi) is 4.44. The Bertz CT molecular complexity index is 1200. The molecule has 3 heterocycles. The van der Waals surface area contributed by atoms with Crippen LogP contribution in [-0.4, -0.2) is 38.7 Å². The van der Waals surface area contributed by atoms with Gasteiger partial charge in [-0.25, -0.2) is 9.66 Å². The second-order valence-corrected chi connectivity index (χ2v) is 9.26. The third-order valence-electron chi connectivity index (χ3n) is 5.41. The summed E-state index contributed by atoms with van der Waals surface area (Å²) in [6.45, 7) is 0.228. The van der Waals surface area contributed by atoms with Crippen LogP contribution >= 0.6 is 23.1 Å². The fourth-order valence-electron chi connectivity index (χ4n) is 3.97. The van der Waals surface area contributed by atoms with Crippen molar-refractivity contribution in [2.24, 2.45) is 0 Å². The lowest BCUT2D eigenvalue weighted by molar-refractivity contribution is 0.0664. The van der Waals surface area contributed by atoms with E-state index in [1.807, 2.05) is 0 Å². The maximum Gasteiger partial charge on any atom is 0.281 e. The number of benzene rings is 1. The summed E-state index contributed by atoms with van der Waals surface area (Å²) in [6, 6.07) is 6.81. The Labute approximate surface area is 174 Å². The fourth-order valence-corrected chi connectivity index (χ4v) is 6.11. The van der Waals surface area contributed by atoms with Gasteiger partial charge < -0.3 is 5.84 Å². The average Bonchev–Trinajstić information content (AvgIpc) is 3.22. The minimum atomic E-state index is -0.286. The van der Waals surface area contributed by atoms with Gasteiger partial charge in [0.2, 0.25) is 0 Å². The smallest absolute Gasteiger partial charge is 0.281 e. The van der Waals surface area contributed by atoms with Crippen LogP contribution in [0.4, 0.5) is 0 Å². The first-order chi connectivity index (χ1) is 14.1. The maximum absolute atomic E-state index is 12.8. The van der Waals surface area contributed by atoms with Crippen molar-refractivity contribution < 1.29 is 9.59 Å². The van der Waals surface area contributed by atoms with Gasteiger partial charge in [-0.05, 0) is 43.4 Å². The molecule has 2 aliphatic rings. The van der Waals surface area contributed by atoms with Crippen LogP contribution in [0.1, 0.15) is 44.0 Å². The van der Waals surface area contributed by atoms with Crippen molar-refractivity contribution in [3.8, 4) is 0 Å². The first kappa shape index (κ1) is 18.4. The Morgan fingerprint density at radius 2 is 1.76 bits per heavy atom. The highest BCUT2D eigenvalue weighted by Crippen LogP contribution is 2.34. The molecule has 2 aromatic heterocycles. The molecule has 148 valence electrons. The molecule has 0 fully saturated rings. The van der Waals surface area contributed by atoms with Crippen molar-refractivity contribution in [1.82, 2.24) is 14.6 Å². The summed E-state index contributed by atoms with van der Waals surface area (Å²) in [5.41, 5.74) is 1.75. The Hall–Kier alpha value is -2.65. The fraction of sp³-hybridized carbons (Fsp3) is 0.300. The molecule has 1 aliphatic heterocycles. The molecule has 3 aromatic rings. The van der Waals surface area contributed by atoms with Gasteiger partial charge in [0.1, 0.15) is 4.83 Å². The molecule has 0 radical (unpaired) electrons. The molecule has 0 bridgehead atoms. The first-order valence-corrected chi connectivity index (χ1v) is 11.3. The SMILES string of the molecule is Nn1c(SCCN2C(=O)c3ccccc3C2=O)nc2sc3c(c2c1=O)CCCC3. The van der Waals surface area contributed by atoms with Crippen molar-refractivity contribution in [2.45, 2.75) is 30.8 Å². The number of thioether (sulfide) groups is 1. The molecule has 29 heavy (non-hydrogen) atoms. The molecule has 2 amide bonds. The van der Waals surface area contributed by atoms with E-state index in [9.17, 15) is 14.4 Å².